The highest BCUT2D eigenvalue weighted by atomic mass is 79.9. The van der Waals surface area contributed by atoms with Crippen LogP contribution in [-0.2, 0) is 6.42 Å². The van der Waals surface area contributed by atoms with E-state index in [4.69, 9.17) is 0 Å². The summed E-state index contributed by atoms with van der Waals surface area (Å²) in [7, 11) is 0. The second-order valence-corrected chi connectivity index (χ2v) is 7.01. The first-order chi connectivity index (χ1) is 9.08. The highest BCUT2D eigenvalue weighted by Crippen LogP contribution is 2.22. The molecular formula is C13H16BrN3OS. The monoisotopic (exact) mass is 341 g/mol. The Labute approximate surface area is 124 Å². The molecule has 0 aliphatic carbocycles. The highest BCUT2D eigenvalue weighted by Gasteiger charge is 2.06. The Bertz CT molecular complexity index is 606. The molecule has 0 saturated carbocycles. The van der Waals surface area contributed by atoms with E-state index in [0.29, 0.717) is 12.4 Å². The van der Waals surface area contributed by atoms with Crippen LogP contribution in [0.5, 0.6) is 0 Å². The van der Waals surface area contributed by atoms with Gasteiger partial charge in [-0.25, -0.2) is 4.98 Å². The standard InChI is InChI=1S/C13H16BrN3OS/c1-9(2)17-8-7-16-12(13(17)18)15-6-5-10-3-4-11(14)19-10/h3-4,7-9H,5-6H2,1-2H3,(H,15,16). The molecule has 6 heteroatoms. The minimum absolute atomic E-state index is 0.0649. The van der Waals surface area contributed by atoms with Crippen LogP contribution in [-0.4, -0.2) is 16.1 Å². The van der Waals surface area contributed by atoms with Crippen LogP contribution in [0.25, 0.3) is 0 Å². The van der Waals surface area contributed by atoms with Crippen LogP contribution in [0.3, 0.4) is 0 Å². The molecule has 0 fully saturated rings. The van der Waals surface area contributed by atoms with Gasteiger partial charge < -0.3 is 9.88 Å². The van der Waals surface area contributed by atoms with Crippen LogP contribution < -0.4 is 10.9 Å². The molecule has 19 heavy (non-hydrogen) atoms. The Hall–Kier alpha value is -1.14. The smallest absolute Gasteiger partial charge is 0.293 e. The van der Waals surface area contributed by atoms with Gasteiger partial charge in [-0.1, -0.05) is 0 Å². The molecular weight excluding hydrogens is 326 g/mol. The lowest BCUT2D eigenvalue weighted by Gasteiger charge is -2.11. The van der Waals surface area contributed by atoms with E-state index < -0.39 is 0 Å². The molecule has 0 spiro atoms. The van der Waals surface area contributed by atoms with Crippen molar-refractivity contribution in [1.82, 2.24) is 9.55 Å². The van der Waals surface area contributed by atoms with Gasteiger partial charge in [0.2, 0.25) is 0 Å². The van der Waals surface area contributed by atoms with Crippen molar-refractivity contribution in [1.29, 1.82) is 0 Å². The summed E-state index contributed by atoms with van der Waals surface area (Å²) < 4.78 is 2.80. The normalized spacial score (nSPS) is 10.9. The molecule has 2 rings (SSSR count). The molecule has 2 aromatic rings. The van der Waals surface area contributed by atoms with E-state index in [-0.39, 0.29) is 11.6 Å². The molecule has 2 heterocycles. The van der Waals surface area contributed by atoms with Gasteiger partial charge in [0.25, 0.3) is 5.56 Å². The Morgan fingerprint density at radius 3 is 2.89 bits per heavy atom. The number of anilines is 1. The Kier molecular flexibility index (Phi) is 4.76. The molecule has 0 bridgehead atoms. The fraction of sp³-hybridized carbons (Fsp3) is 0.385. The van der Waals surface area contributed by atoms with Crippen LogP contribution in [0.4, 0.5) is 5.82 Å². The summed E-state index contributed by atoms with van der Waals surface area (Å²) in [5.41, 5.74) is -0.0649. The predicted molar refractivity (Wildman–Crippen MR) is 83.1 cm³/mol. The van der Waals surface area contributed by atoms with Crippen LogP contribution in [0.2, 0.25) is 0 Å². The van der Waals surface area contributed by atoms with Gasteiger partial charge >= 0.3 is 0 Å². The molecule has 0 atom stereocenters. The summed E-state index contributed by atoms with van der Waals surface area (Å²) in [4.78, 5) is 17.5. The number of hydrogen-bond acceptors (Lipinski definition) is 4. The van der Waals surface area contributed by atoms with E-state index >= 15 is 0 Å². The predicted octanol–water partition coefficient (Wildman–Crippen LogP) is 3.30. The van der Waals surface area contributed by atoms with Crippen LogP contribution in [0.15, 0.2) is 33.1 Å². The number of halogens is 1. The fourth-order valence-corrected chi connectivity index (χ4v) is 3.23. The molecule has 0 unspecified atom stereocenters. The van der Waals surface area contributed by atoms with Crippen LogP contribution in [0, 0.1) is 0 Å². The van der Waals surface area contributed by atoms with Crippen molar-refractivity contribution in [3.63, 3.8) is 0 Å². The van der Waals surface area contributed by atoms with E-state index in [1.807, 2.05) is 19.9 Å². The first-order valence-electron chi connectivity index (χ1n) is 6.13. The number of aromatic nitrogens is 2. The molecule has 0 aromatic carbocycles. The summed E-state index contributed by atoms with van der Waals surface area (Å²) in [6.07, 6.45) is 4.26. The van der Waals surface area contributed by atoms with Crippen LogP contribution in [0.1, 0.15) is 24.8 Å². The first-order valence-corrected chi connectivity index (χ1v) is 7.74. The van der Waals surface area contributed by atoms with Gasteiger partial charge in [-0.2, -0.15) is 0 Å². The zero-order chi connectivity index (χ0) is 13.8. The van der Waals surface area contributed by atoms with Crippen molar-refractivity contribution >= 4 is 33.1 Å². The van der Waals surface area contributed by atoms with Gasteiger partial charge in [0, 0.05) is 29.9 Å². The number of hydrogen-bond donors (Lipinski definition) is 1. The molecule has 102 valence electrons. The maximum atomic E-state index is 12.1. The zero-order valence-electron chi connectivity index (χ0n) is 10.9. The summed E-state index contributed by atoms with van der Waals surface area (Å²) in [5.74, 6) is 0.423. The van der Waals surface area contributed by atoms with Gasteiger partial charge in [-0.15, -0.1) is 11.3 Å². The van der Waals surface area contributed by atoms with Gasteiger partial charge in [-0.05, 0) is 48.3 Å². The number of rotatable bonds is 5. The summed E-state index contributed by atoms with van der Waals surface area (Å²) >= 11 is 5.15. The minimum Gasteiger partial charge on any atom is -0.365 e. The molecule has 0 amide bonds. The topological polar surface area (TPSA) is 46.9 Å². The number of nitrogens with one attached hydrogen (secondary N) is 1. The number of nitrogens with zero attached hydrogens (tertiary/aromatic N) is 2. The summed E-state index contributed by atoms with van der Waals surface area (Å²) in [5, 5.41) is 3.11. The van der Waals surface area contributed by atoms with Crippen molar-refractivity contribution in [3.8, 4) is 0 Å². The lowest BCUT2D eigenvalue weighted by atomic mass is 10.3. The lowest BCUT2D eigenvalue weighted by molar-refractivity contribution is 0.575. The molecule has 4 nitrogen and oxygen atoms in total. The van der Waals surface area contributed by atoms with Crippen molar-refractivity contribution < 1.29 is 0 Å². The van der Waals surface area contributed by atoms with E-state index in [1.165, 1.54) is 4.88 Å². The van der Waals surface area contributed by atoms with Gasteiger partial charge in [0.15, 0.2) is 5.82 Å². The molecule has 0 radical (unpaired) electrons. The molecule has 0 saturated heterocycles. The van der Waals surface area contributed by atoms with Crippen molar-refractivity contribution in [2.75, 3.05) is 11.9 Å². The molecule has 0 aliphatic rings. The van der Waals surface area contributed by atoms with Crippen molar-refractivity contribution in [3.05, 3.63) is 43.5 Å². The second kappa shape index (κ2) is 6.34. The third-order valence-electron chi connectivity index (χ3n) is 2.72. The fourth-order valence-electron chi connectivity index (χ4n) is 1.74. The van der Waals surface area contributed by atoms with Crippen LogP contribution >= 0.6 is 27.3 Å². The first kappa shape index (κ1) is 14.3. The van der Waals surface area contributed by atoms with Crippen molar-refractivity contribution in [2.45, 2.75) is 26.3 Å². The average Bonchev–Trinajstić information content (AvgIpc) is 2.77. The Balaban J connectivity index is 2.00. The Morgan fingerprint density at radius 1 is 1.47 bits per heavy atom. The van der Waals surface area contributed by atoms with E-state index in [2.05, 4.69) is 32.3 Å². The van der Waals surface area contributed by atoms with Crippen molar-refractivity contribution in [2.24, 2.45) is 0 Å². The van der Waals surface area contributed by atoms with Gasteiger partial charge in [0.1, 0.15) is 0 Å². The third kappa shape index (κ3) is 3.67. The Morgan fingerprint density at radius 2 is 2.26 bits per heavy atom. The maximum Gasteiger partial charge on any atom is 0.293 e. The van der Waals surface area contributed by atoms with E-state index in [0.717, 1.165) is 10.2 Å². The van der Waals surface area contributed by atoms with Gasteiger partial charge in [0.05, 0.1) is 3.79 Å². The minimum atomic E-state index is -0.0649. The van der Waals surface area contributed by atoms with Gasteiger partial charge in [-0.3, -0.25) is 4.79 Å². The summed E-state index contributed by atoms with van der Waals surface area (Å²) in [6.45, 7) is 4.67. The highest BCUT2D eigenvalue weighted by molar-refractivity contribution is 9.11. The quantitative estimate of drug-likeness (QED) is 0.907. The molecule has 2 aromatic heterocycles. The maximum absolute atomic E-state index is 12.1. The second-order valence-electron chi connectivity index (χ2n) is 4.46. The third-order valence-corrected chi connectivity index (χ3v) is 4.40. The summed E-state index contributed by atoms with van der Waals surface area (Å²) in [6, 6.07) is 4.26. The van der Waals surface area contributed by atoms with E-state index in [1.54, 1.807) is 28.3 Å². The zero-order valence-corrected chi connectivity index (χ0v) is 13.3. The lowest BCUT2D eigenvalue weighted by Crippen LogP contribution is -2.26. The largest absolute Gasteiger partial charge is 0.365 e. The van der Waals surface area contributed by atoms with E-state index in [9.17, 15) is 4.79 Å². The molecule has 0 aliphatic heterocycles. The average molecular weight is 342 g/mol. The number of thiophene rings is 1. The molecule has 1 N–H and O–H groups in total. The SMILES string of the molecule is CC(C)n1ccnc(NCCc2ccc(Br)s2)c1=O.